The van der Waals surface area contributed by atoms with Gasteiger partial charge in [0.1, 0.15) is 6.04 Å². The van der Waals surface area contributed by atoms with E-state index in [1.807, 2.05) is 0 Å². The van der Waals surface area contributed by atoms with E-state index in [9.17, 15) is 14.7 Å². The van der Waals surface area contributed by atoms with E-state index >= 15 is 0 Å². The average Bonchev–Trinajstić information content (AvgIpc) is 2.27. The summed E-state index contributed by atoms with van der Waals surface area (Å²) in [5, 5.41) is 11.8. The van der Waals surface area contributed by atoms with E-state index in [-0.39, 0.29) is 23.3 Å². The Morgan fingerprint density at radius 3 is 2.30 bits per heavy atom. The summed E-state index contributed by atoms with van der Waals surface area (Å²) in [4.78, 5) is 23.2. The van der Waals surface area contributed by atoms with Crippen molar-refractivity contribution >= 4 is 11.9 Å². The number of amides is 1. The van der Waals surface area contributed by atoms with E-state index in [0.717, 1.165) is 25.7 Å². The normalized spacial score (nSPS) is 19.0. The van der Waals surface area contributed by atoms with Crippen LogP contribution in [0.15, 0.2) is 0 Å². The van der Waals surface area contributed by atoms with Crippen molar-refractivity contribution in [3.05, 3.63) is 0 Å². The highest BCUT2D eigenvalue weighted by Gasteiger charge is 2.39. The lowest BCUT2D eigenvalue weighted by Crippen LogP contribution is -2.48. The molecule has 0 aromatic carbocycles. The van der Waals surface area contributed by atoms with Crippen LogP contribution in [-0.2, 0) is 14.3 Å². The lowest BCUT2D eigenvalue weighted by molar-refractivity contribution is -0.145. The zero-order valence-electron chi connectivity index (χ0n) is 13.0. The second-order valence-electron chi connectivity index (χ2n) is 6.98. The predicted octanol–water partition coefficient (Wildman–Crippen LogP) is 2.34. The standard InChI is InChI=1S/C15H27NO4/c1-14(2,3)9-6-11(13(18)19)16-12(17)10-15(20-4)7-5-8-15/h11H,5-10H2,1-4H3,(H,16,17)(H,18,19). The lowest BCUT2D eigenvalue weighted by atomic mass is 9.77. The summed E-state index contributed by atoms with van der Waals surface area (Å²) in [6.07, 6.45) is 4.26. The first-order valence-corrected chi connectivity index (χ1v) is 7.25. The van der Waals surface area contributed by atoms with E-state index < -0.39 is 12.0 Å². The molecule has 1 saturated carbocycles. The molecule has 1 fully saturated rings. The zero-order chi connectivity index (χ0) is 15.4. The molecular weight excluding hydrogens is 258 g/mol. The summed E-state index contributed by atoms with van der Waals surface area (Å²) in [6, 6.07) is -0.810. The molecule has 5 heteroatoms. The highest BCUT2D eigenvalue weighted by molar-refractivity contribution is 5.84. The van der Waals surface area contributed by atoms with Gasteiger partial charge in [0.15, 0.2) is 0 Å². The van der Waals surface area contributed by atoms with Crippen molar-refractivity contribution in [1.82, 2.24) is 5.32 Å². The molecule has 1 atom stereocenters. The second kappa shape index (κ2) is 6.57. The van der Waals surface area contributed by atoms with Gasteiger partial charge < -0.3 is 15.2 Å². The molecule has 0 aromatic rings. The molecule has 1 amide bonds. The van der Waals surface area contributed by atoms with Crippen molar-refractivity contribution in [3.8, 4) is 0 Å². The number of methoxy groups -OCH3 is 1. The van der Waals surface area contributed by atoms with Crippen molar-refractivity contribution < 1.29 is 19.4 Å². The fraction of sp³-hybridized carbons (Fsp3) is 0.867. The maximum Gasteiger partial charge on any atom is 0.326 e. The van der Waals surface area contributed by atoms with Gasteiger partial charge in [-0.05, 0) is 37.5 Å². The van der Waals surface area contributed by atoms with Gasteiger partial charge in [-0.2, -0.15) is 0 Å². The van der Waals surface area contributed by atoms with Gasteiger partial charge in [0.2, 0.25) is 5.91 Å². The second-order valence-corrected chi connectivity index (χ2v) is 6.98. The Hall–Kier alpha value is -1.10. The van der Waals surface area contributed by atoms with Crippen LogP contribution in [0.5, 0.6) is 0 Å². The fourth-order valence-electron chi connectivity index (χ4n) is 2.40. The Morgan fingerprint density at radius 2 is 1.95 bits per heavy atom. The third-order valence-electron chi connectivity index (χ3n) is 4.00. The molecule has 116 valence electrons. The average molecular weight is 285 g/mol. The zero-order valence-corrected chi connectivity index (χ0v) is 13.0. The first-order chi connectivity index (χ1) is 9.17. The van der Waals surface area contributed by atoms with Gasteiger partial charge >= 0.3 is 5.97 Å². The molecule has 1 rings (SSSR count). The third-order valence-corrected chi connectivity index (χ3v) is 4.00. The molecule has 0 heterocycles. The van der Waals surface area contributed by atoms with E-state index in [1.54, 1.807) is 7.11 Å². The van der Waals surface area contributed by atoms with Crippen molar-refractivity contribution in [2.75, 3.05) is 7.11 Å². The number of ether oxygens (including phenoxy) is 1. The largest absolute Gasteiger partial charge is 0.480 e. The number of carboxylic acid groups (broad SMARTS) is 1. The highest BCUT2D eigenvalue weighted by Crippen LogP contribution is 2.37. The molecule has 0 spiro atoms. The summed E-state index contributed by atoms with van der Waals surface area (Å²) in [5.74, 6) is -1.20. The Kier molecular flexibility index (Phi) is 5.57. The van der Waals surface area contributed by atoms with E-state index in [0.29, 0.717) is 6.42 Å². The quantitative estimate of drug-likeness (QED) is 0.753. The smallest absolute Gasteiger partial charge is 0.326 e. The predicted molar refractivity (Wildman–Crippen MR) is 76.5 cm³/mol. The highest BCUT2D eigenvalue weighted by atomic mass is 16.5. The number of hydrogen-bond acceptors (Lipinski definition) is 3. The van der Waals surface area contributed by atoms with Crippen molar-refractivity contribution in [3.63, 3.8) is 0 Å². The number of rotatable bonds is 7. The lowest BCUT2D eigenvalue weighted by Gasteiger charge is -2.40. The van der Waals surface area contributed by atoms with Crippen LogP contribution < -0.4 is 5.32 Å². The molecule has 1 aliphatic carbocycles. The van der Waals surface area contributed by atoms with Crippen LogP contribution in [0.3, 0.4) is 0 Å². The Balaban J connectivity index is 2.48. The topological polar surface area (TPSA) is 75.6 Å². The van der Waals surface area contributed by atoms with Gasteiger partial charge in [0.25, 0.3) is 0 Å². The van der Waals surface area contributed by atoms with Crippen LogP contribution in [-0.4, -0.2) is 35.7 Å². The Bertz CT molecular complexity index is 350. The van der Waals surface area contributed by atoms with Gasteiger partial charge in [0.05, 0.1) is 12.0 Å². The minimum Gasteiger partial charge on any atom is -0.480 e. The minimum atomic E-state index is -0.970. The molecule has 0 bridgehead atoms. The van der Waals surface area contributed by atoms with Gasteiger partial charge in [-0.1, -0.05) is 20.8 Å². The molecule has 20 heavy (non-hydrogen) atoms. The monoisotopic (exact) mass is 285 g/mol. The molecule has 5 nitrogen and oxygen atoms in total. The number of carbonyl (C=O) groups excluding carboxylic acids is 1. The number of aliphatic carboxylic acids is 1. The van der Waals surface area contributed by atoms with Crippen LogP contribution >= 0.6 is 0 Å². The molecule has 0 aliphatic heterocycles. The first kappa shape index (κ1) is 17.0. The van der Waals surface area contributed by atoms with Gasteiger partial charge in [-0.3, -0.25) is 4.79 Å². The first-order valence-electron chi connectivity index (χ1n) is 7.25. The van der Waals surface area contributed by atoms with Crippen LogP contribution in [0, 0.1) is 5.41 Å². The number of nitrogens with one attached hydrogen (secondary N) is 1. The Morgan fingerprint density at radius 1 is 1.35 bits per heavy atom. The maximum absolute atomic E-state index is 12.0. The summed E-state index contributed by atoms with van der Waals surface area (Å²) in [5.41, 5.74) is -0.308. The van der Waals surface area contributed by atoms with Gasteiger partial charge in [-0.25, -0.2) is 4.79 Å². The molecule has 1 unspecified atom stereocenters. The van der Waals surface area contributed by atoms with Crippen molar-refractivity contribution in [2.45, 2.75) is 70.9 Å². The van der Waals surface area contributed by atoms with Crippen LogP contribution in [0.4, 0.5) is 0 Å². The van der Waals surface area contributed by atoms with Crippen molar-refractivity contribution in [1.29, 1.82) is 0 Å². The van der Waals surface area contributed by atoms with E-state index in [1.165, 1.54) is 0 Å². The summed E-state index contributed by atoms with van der Waals surface area (Å²) in [6.45, 7) is 6.17. The van der Waals surface area contributed by atoms with Crippen LogP contribution in [0.1, 0.15) is 59.3 Å². The van der Waals surface area contributed by atoms with Crippen LogP contribution in [0.25, 0.3) is 0 Å². The van der Waals surface area contributed by atoms with E-state index in [4.69, 9.17) is 4.74 Å². The third kappa shape index (κ3) is 5.12. The maximum atomic E-state index is 12.0. The SMILES string of the molecule is COC1(CC(=O)NC(CCC(C)(C)C)C(=O)O)CCC1. The number of hydrogen-bond donors (Lipinski definition) is 2. The molecule has 0 radical (unpaired) electrons. The van der Waals surface area contributed by atoms with Gasteiger partial charge in [-0.15, -0.1) is 0 Å². The van der Waals surface area contributed by atoms with Gasteiger partial charge in [0, 0.05) is 7.11 Å². The summed E-state index contributed by atoms with van der Waals surface area (Å²) in [7, 11) is 1.61. The summed E-state index contributed by atoms with van der Waals surface area (Å²) >= 11 is 0. The summed E-state index contributed by atoms with van der Waals surface area (Å²) < 4.78 is 5.39. The number of carbonyl (C=O) groups is 2. The molecule has 0 saturated heterocycles. The molecule has 0 aromatic heterocycles. The Labute approximate surface area is 121 Å². The fourth-order valence-corrected chi connectivity index (χ4v) is 2.40. The van der Waals surface area contributed by atoms with Crippen molar-refractivity contribution in [2.24, 2.45) is 5.41 Å². The van der Waals surface area contributed by atoms with Crippen LogP contribution in [0.2, 0.25) is 0 Å². The molecule has 2 N–H and O–H groups in total. The molecule has 1 aliphatic rings. The number of carboxylic acids is 1. The molecular formula is C15H27NO4. The minimum absolute atomic E-state index is 0.0557. The van der Waals surface area contributed by atoms with E-state index in [2.05, 4.69) is 26.1 Å².